The van der Waals surface area contributed by atoms with E-state index in [4.69, 9.17) is 4.74 Å². The molecule has 2 unspecified atom stereocenters. The van der Waals surface area contributed by atoms with Gasteiger partial charge in [0.1, 0.15) is 23.1 Å². The lowest BCUT2D eigenvalue weighted by molar-refractivity contribution is -0.164. The summed E-state index contributed by atoms with van der Waals surface area (Å²) in [5.41, 5.74) is 0.224. The molecule has 2 amide bonds. The number of piperazine rings is 1. The van der Waals surface area contributed by atoms with Gasteiger partial charge in [0.05, 0.1) is 12.6 Å². The van der Waals surface area contributed by atoms with Gasteiger partial charge < -0.3 is 20.1 Å². The van der Waals surface area contributed by atoms with Crippen LogP contribution in [0.3, 0.4) is 0 Å². The largest absolute Gasteiger partial charge is 0.457 e. The van der Waals surface area contributed by atoms with Crippen molar-refractivity contribution in [2.45, 2.75) is 57.8 Å². The molecule has 4 rings (SSSR count). The molecule has 1 spiro atoms. The van der Waals surface area contributed by atoms with Crippen molar-refractivity contribution in [2.75, 3.05) is 19.6 Å². The quantitative estimate of drug-likeness (QED) is 0.540. The molecule has 2 heterocycles. The predicted molar refractivity (Wildman–Crippen MR) is 145 cm³/mol. The first-order valence-corrected chi connectivity index (χ1v) is 12.6. The highest BCUT2D eigenvalue weighted by atomic mass is 35.5. The maximum atomic E-state index is 13.4. The van der Waals surface area contributed by atoms with Gasteiger partial charge in [-0.3, -0.25) is 14.5 Å². The Labute approximate surface area is 225 Å². The second-order valence-electron chi connectivity index (χ2n) is 9.90. The first kappa shape index (κ1) is 28.5. The Kier molecular flexibility index (Phi) is 9.61. The number of aliphatic hydroxyl groups is 1. The lowest BCUT2D eigenvalue weighted by atomic mass is 9.80. The zero-order valence-corrected chi connectivity index (χ0v) is 22.5. The number of ether oxygens (including phenoxy) is 1. The molecule has 2 fully saturated rings. The van der Waals surface area contributed by atoms with E-state index in [0.29, 0.717) is 25.9 Å². The van der Waals surface area contributed by atoms with E-state index >= 15 is 0 Å². The van der Waals surface area contributed by atoms with Gasteiger partial charge >= 0.3 is 0 Å². The van der Waals surface area contributed by atoms with Gasteiger partial charge in [0.25, 0.3) is 0 Å². The van der Waals surface area contributed by atoms with Crippen molar-refractivity contribution in [3.8, 4) is 23.3 Å². The molecule has 37 heavy (non-hydrogen) atoms. The Balaban J connectivity index is 0.00000380. The summed E-state index contributed by atoms with van der Waals surface area (Å²) in [5.74, 6) is 6.80. The van der Waals surface area contributed by atoms with Gasteiger partial charge in [0.15, 0.2) is 0 Å². The number of nitrogens with zero attached hydrogens (tertiary/aromatic N) is 2. The van der Waals surface area contributed by atoms with Crippen molar-refractivity contribution >= 4 is 24.2 Å². The Hall–Kier alpha value is -3.05. The highest BCUT2D eigenvalue weighted by Gasteiger charge is 2.54. The number of hydrogen-bond acceptors (Lipinski definition) is 5. The molecule has 0 saturated carbocycles. The number of carbonyl (C=O) groups is 2. The third-order valence-corrected chi connectivity index (χ3v) is 7.19. The fourth-order valence-corrected chi connectivity index (χ4v) is 4.97. The molecule has 2 aromatic rings. The van der Waals surface area contributed by atoms with Crippen LogP contribution in [0.4, 0.5) is 0 Å². The number of piperidine rings is 1. The third kappa shape index (κ3) is 6.27. The zero-order chi connectivity index (χ0) is 25.7. The fourth-order valence-electron chi connectivity index (χ4n) is 4.97. The molecule has 0 aromatic heterocycles. The fraction of sp³-hybridized carbons (Fsp3) is 0.448. The van der Waals surface area contributed by atoms with Crippen LogP contribution in [0.5, 0.6) is 11.5 Å². The van der Waals surface area contributed by atoms with E-state index < -0.39 is 17.7 Å². The standard InChI is InChI=1S/C29H35N3O4.ClH/c1-4-5-17-32-27(34)25(26(33)21(2)3)30-28(35)29(32)15-18-31(19-16-29)20-22-11-13-24(14-12-22)36-23-9-7-6-8-10-23;/h6-14,21,25-26,33H,15-20H2,1-3H3,(H,30,35);1H. The highest BCUT2D eigenvalue weighted by molar-refractivity contribution is 6.00. The summed E-state index contributed by atoms with van der Waals surface area (Å²) in [6, 6.07) is 16.8. The number of rotatable bonds is 7. The van der Waals surface area contributed by atoms with Gasteiger partial charge in [-0.25, -0.2) is 0 Å². The molecule has 8 heteroatoms. The molecule has 0 aliphatic carbocycles. The molecule has 2 N–H and O–H groups in total. The normalized spacial score (nSPS) is 20.0. The van der Waals surface area contributed by atoms with E-state index in [0.717, 1.165) is 23.6 Å². The number of para-hydroxylation sites is 1. The predicted octanol–water partition coefficient (Wildman–Crippen LogP) is 3.60. The first-order chi connectivity index (χ1) is 17.3. The van der Waals surface area contributed by atoms with Crippen molar-refractivity contribution < 1.29 is 19.4 Å². The minimum absolute atomic E-state index is 0. The van der Waals surface area contributed by atoms with E-state index in [9.17, 15) is 14.7 Å². The van der Waals surface area contributed by atoms with Crippen LogP contribution >= 0.6 is 12.4 Å². The Morgan fingerprint density at radius 1 is 1.05 bits per heavy atom. The van der Waals surface area contributed by atoms with Crippen LogP contribution in [0.2, 0.25) is 0 Å². The van der Waals surface area contributed by atoms with Gasteiger partial charge in [0, 0.05) is 19.6 Å². The van der Waals surface area contributed by atoms with Crippen LogP contribution in [0, 0.1) is 17.8 Å². The van der Waals surface area contributed by atoms with Crippen LogP contribution in [0.15, 0.2) is 54.6 Å². The van der Waals surface area contributed by atoms with Crippen molar-refractivity contribution in [2.24, 2.45) is 5.92 Å². The average molecular weight is 526 g/mol. The van der Waals surface area contributed by atoms with Crippen molar-refractivity contribution in [1.82, 2.24) is 15.1 Å². The topological polar surface area (TPSA) is 82.1 Å². The van der Waals surface area contributed by atoms with Gasteiger partial charge in [-0.15, -0.1) is 18.3 Å². The maximum Gasteiger partial charge on any atom is 0.249 e. The summed E-state index contributed by atoms with van der Waals surface area (Å²) in [7, 11) is 0. The minimum Gasteiger partial charge on any atom is -0.457 e. The van der Waals surface area contributed by atoms with Gasteiger partial charge in [-0.05, 0) is 55.5 Å². The number of amides is 2. The molecule has 7 nitrogen and oxygen atoms in total. The number of benzene rings is 2. The van der Waals surface area contributed by atoms with Crippen molar-refractivity contribution in [1.29, 1.82) is 0 Å². The Morgan fingerprint density at radius 2 is 1.68 bits per heavy atom. The first-order valence-electron chi connectivity index (χ1n) is 12.6. The molecular formula is C29H36ClN3O4. The smallest absolute Gasteiger partial charge is 0.249 e. The van der Waals surface area contributed by atoms with Gasteiger partial charge in [-0.1, -0.05) is 50.1 Å². The van der Waals surface area contributed by atoms with Crippen LogP contribution in [0.1, 0.15) is 39.2 Å². The highest BCUT2D eigenvalue weighted by Crippen LogP contribution is 2.34. The SMILES string of the molecule is CC#CCN1C(=O)C(C(O)C(C)C)NC(=O)C12CCN(Cc1ccc(Oc3ccccc3)cc1)CC2.Cl. The molecule has 2 aliphatic heterocycles. The van der Waals surface area contributed by atoms with Crippen LogP contribution in [-0.2, 0) is 16.1 Å². The van der Waals surface area contributed by atoms with E-state index in [1.54, 1.807) is 11.8 Å². The van der Waals surface area contributed by atoms with E-state index in [-0.39, 0.29) is 36.7 Å². The molecule has 2 saturated heterocycles. The van der Waals surface area contributed by atoms with Crippen LogP contribution in [-0.4, -0.2) is 64.0 Å². The number of halogens is 1. The summed E-state index contributed by atoms with van der Waals surface area (Å²) < 4.78 is 5.88. The van der Waals surface area contributed by atoms with Crippen LogP contribution < -0.4 is 10.1 Å². The Morgan fingerprint density at radius 3 is 2.27 bits per heavy atom. The zero-order valence-electron chi connectivity index (χ0n) is 21.6. The van der Waals surface area contributed by atoms with Gasteiger partial charge in [0.2, 0.25) is 11.8 Å². The number of likely N-dealkylation sites (tertiary alicyclic amines) is 1. The molecular weight excluding hydrogens is 490 g/mol. The van der Waals surface area contributed by atoms with E-state index in [1.165, 1.54) is 0 Å². The number of carbonyl (C=O) groups excluding carboxylic acids is 2. The van der Waals surface area contributed by atoms with Gasteiger partial charge in [-0.2, -0.15) is 0 Å². The van der Waals surface area contributed by atoms with E-state index in [2.05, 4.69) is 34.2 Å². The third-order valence-electron chi connectivity index (χ3n) is 7.19. The van der Waals surface area contributed by atoms with Crippen molar-refractivity contribution in [3.63, 3.8) is 0 Å². The molecule has 198 valence electrons. The summed E-state index contributed by atoms with van der Waals surface area (Å²) in [4.78, 5) is 30.7. The number of nitrogens with one attached hydrogen (secondary N) is 1. The van der Waals surface area contributed by atoms with E-state index in [1.807, 2.05) is 56.3 Å². The summed E-state index contributed by atoms with van der Waals surface area (Å²) in [6.45, 7) is 7.69. The molecule has 2 atom stereocenters. The average Bonchev–Trinajstić information content (AvgIpc) is 2.89. The monoisotopic (exact) mass is 525 g/mol. The second-order valence-corrected chi connectivity index (χ2v) is 9.90. The molecule has 0 radical (unpaired) electrons. The Bertz CT molecular complexity index is 1120. The number of aliphatic hydroxyl groups excluding tert-OH is 1. The minimum atomic E-state index is -0.940. The summed E-state index contributed by atoms with van der Waals surface area (Å²) >= 11 is 0. The summed E-state index contributed by atoms with van der Waals surface area (Å²) in [5, 5.41) is 13.4. The number of hydrogen-bond donors (Lipinski definition) is 2. The molecule has 2 aromatic carbocycles. The second kappa shape index (κ2) is 12.5. The summed E-state index contributed by atoms with van der Waals surface area (Å²) in [6.07, 6.45) is 0.107. The molecule has 0 bridgehead atoms. The van der Waals surface area contributed by atoms with Crippen molar-refractivity contribution in [3.05, 3.63) is 60.2 Å². The maximum absolute atomic E-state index is 13.4. The lowest BCUT2D eigenvalue weighted by Crippen LogP contribution is -2.74. The van der Waals surface area contributed by atoms with Crippen LogP contribution in [0.25, 0.3) is 0 Å². The molecule has 2 aliphatic rings. The lowest BCUT2D eigenvalue weighted by Gasteiger charge is -2.51.